The molecule has 1 heterocycles. The molecule has 0 saturated carbocycles. The Labute approximate surface area is 103 Å². The fraction of sp³-hybridized carbons (Fsp3) is 0.167. The van der Waals surface area contributed by atoms with Crippen LogP contribution in [-0.4, -0.2) is 7.11 Å². The van der Waals surface area contributed by atoms with Crippen LogP contribution in [0.1, 0.15) is 16.5 Å². The molecule has 90 valence electrons. The van der Waals surface area contributed by atoms with Crippen molar-refractivity contribution < 1.29 is 9.13 Å². The number of rotatable bonds is 4. The van der Waals surface area contributed by atoms with E-state index in [-0.39, 0.29) is 11.9 Å². The lowest BCUT2D eigenvalue weighted by Crippen LogP contribution is -2.28. The largest absolute Gasteiger partial charge is 0.496 e. The number of nitrogens with two attached hydrogens (primary N) is 1. The molecule has 3 N–H and O–H groups in total. The van der Waals surface area contributed by atoms with Gasteiger partial charge in [0.25, 0.3) is 0 Å². The SMILES string of the molecule is COc1csc(C(NN)c2ccc(F)cc2)c1. The van der Waals surface area contributed by atoms with E-state index < -0.39 is 0 Å². The molecule has 0 radical (unpaired) electrons. The number of methoxy groups -OCH3 is 1. The fourth-order valence-electron chi connectivity index (χ4n) is 1.59. The third kappa shape index (κ3) is 2.63. The van der Waals surface area contributed by atoms with Crippen LogP contribution < -0.4 is 16.0 Å². The molecule has 0 bridgehead atoms. The zero-order valence-corrected chi connectivity index (χ0v) is 10.1. The van der Waals surface area contributed by atoms with Gasteiger partial charge in [0.2, 0.25) is 0 Å². The van der Waals surface area contributed by atoms with Gasteiger partial charge in [-0.1, -0.05) is 12.1 Å². The molecule has 0 aliphatic rings. The average Bonchev–Trinajstić information content (AvgIpc) is 2.81. The molecule has 2 aromatic rings. The summed E-state index contributed by atoms with van der Waals surface area (Å²) < 4.78 is 18.0. The number of ether oxygens (including phenoxy) is 1. The summed E-state index contributed by atoms with van der Waals surface area (Å²) in [6.45, 7) is 0. The molecular weight excluding hydrogens is 239 g/mol. The van der Waals surface area contributed by atoms with Gasteiger partial charge in [0, 0.05) is 10.3 Å². The summed E-state index contributed by atoms with van der Waals surface area (Å²) in [6.07, 6.45) is 0. The summed E-state index contributed by atoms with van der Waals surface area (Å²) in [6, 6.07) is 8.04. The molecule has 17 heavy (non-hydrogen) atoms. The minimum Gasteiger partial charge on any atom is -0.496 e. The summed E-state index contributed by atoms with van der Waals surface area (Å²) in [5.41, 5.74) is 3.64. The Bertz CT molecular complexity index is 484. The molecular formula is C12H13FN2OS. The zero-order valence-electron chi connectivity index (χ0n) is 9.31. The molecule has 0 saturated heterocycles. The van der Waals surface area contributed by atoms with E-state index in [9.17, 15) is 4.39 Å². The molecule has 1 aromatic carbocycles. The monoisotopic (exact) mass is 252 g/mol. The molecule has 1 aromatic heterocycles. The smallest absolute Gasteiger partial charge is 0.129 e. The Morgan fingerprint density at radius 3 is 2.59 bits per heavy atom. The molecule has 3 nitrogen and oxygen atoms in total. The predicted molar refractivity (Wildman–Crippen MR) is 66.4 cm³/mol. The van der Waals surface area contributed by atoms with E-state index in [1.165, 1.54) is 12.1 Å². The highest BCUT2D eigenvalue weighted by molar-refractivity contribution is 7.10. The maximum absolute atomic E-state index is 12.8. The summed E-state index contributed by atoms with van der Waals surface area (Å²) in [7, 11) is 1.62. The van der Waals surface area contributed by atoms with Gasteiger partial charge >= 0.3 is 0 Å². The van der Waals surface area contributed by atoms with Crippen molar-refractivity contribution in [1.29, 1.82) is 0 Å². The van der Waals surface area contributed by atoms with Gasteiger partial charge in [-0.2, -0.15) is 0 Å². The highest BCUT2D eigenvalue weighted by Gasteiger charge is 2.14. The first-order valence-electron chi connectivity index (χ1n) is 5.08. The maximum atomic E-state index is 12.8. The van der Waals surface area contributed by atoms with Gasteiger partial charge in [0.1, 0.15) is 11.6 Å². The van der Waals surface area contributed by atoms with Crippen molar-refractivity contribution in [2.75, 3.05) is 7.11 Å². The van der Waals surface area contributed by atoms with Gasteiger partial charge < -0.3 is 4.74 Å². The van der Waals surface area contributed by atoms with Crippen LogP contribution in [0, 0.1) is 5.82 Å². The lowest BCUT2D eigenvalue weighted by molar-refractivity contribution is 0.416. The van der Waals surface area contributed by atoms with Crippen LogP contribution in [0.3, 0.4) is 0 Å². The van der Waals surface area contributed by atoms with Gasteiger partial charge in [-0.3, -0.25) is 5.84 Å². The van der Waals surface area contributed by atoms with Crippen LogP contribution in [0.4, 0.5) is 4.39 Å². The van der Waals surface area contributed by atoms with E-state index in [1.54, 1.807) is 30.6 Å². The summed E-state index contributed by atoms with van der Waals surface area (Å²) in [5.74, 6) is 6.09. The topological polar surface area (TPSA) is 47.3 Å². The quantitative estimate of drug-likeness (QED) is 0.649. The van der Waals surface area contributed by atoms with Crippen LogP contribution >= 0.6 is 11.3 Å². The standard InChI is InChI=1S/C12H13FN2OS/c1-16-10-6-11(17-7-10)12(15-14)8-2-4-9(13)5-3-8/h2-7,12,15H,14H2,1H3. The van der Waals surface area contributed by atoms with Crippen LogP contribution in [0.25, 0.3) is 0 Å². The Morgan fingerprint density at radius 1 is 1.35 bits per heavy atom. The summed E-state index contributed by atoms with van der Waals surface area (Å²) in [5, 5.41) is 1.91. The van der Waals surface area contributed by atoms with E-state index in [0.29, 0.717) is 0 Å². The van der Waals surface area contributed by atoms with Crippen molar-refractivity contribution in [2.24, 2.45) is 5.84 Å². The number of hydrazine groups is 1. The third-order valence-electron chi connectivity index (χ3n) is 2.49. The minimum absolute atomic E-state index is 0.149. The molecule has 0 aliphatic carbocycles. The summed E-state index contributed by atoms with van der Waals surface area (Å²) >= 11 is 1.54. The van der Waals surface area contributed by atoms with Crippen molar-refractivity contribution in [3.8, 4) is 5.75 Å². The Kier molecular flexibility index (Phi) is 3.73. The Morgan fingerprint density at radius 2 is 2.06 bits per heavy atom. The Hall–Kier alpha value is -1.43. The fourth-order valence-corrected chi connectivity index (χ4v) is 2.53. The average molecular weight is 252 g/mol. The lowest BCUT2D eigenvalue weighted by atomic mass is 10.1. The normalized spacial score (nSPS) is 12.4. The second-order valence-corrected chi connectivity index (χ2v) is 4.48. The second-order valence-electron chi connectivity index (χ2n) is 3.54. The number of halogens is 1. The van der Waals surface area contributed by atoms with Crippen molar-refractivity contribution in [1.82, 2.24) is 5.43 Å². The maximum Gasteiger partial charge on any atom is 0.129 e. The van der Waals surface area contributed by atoms with Crippen LogP contribution in [0.5, 0.6) is 5.75 Å². The molecule has 0 spiro atoms. The molecule has 0 aliphatic heterocycles. The molecule has 1 unspecified atom stereocenters. The van der Waals surface area contributed by atoms with E-state index in [0.717, 1.165) is 16.2 Å². The highest BCUT2D eigenvalue weighted by atomic mass is 32.1. The van der Waals surface area contributed by atoms with Crippen LogP contribution in [-0.2, 0) is 0 Å². The minimum atomic E-state index is -0.256. The van der Waals surface area contributed by atoms with E-state index in [1.807, 2.05) is 11.4 Å². The zero-order chi connectivity index (χ0) is 12.3. The van der Waals surface area contributed by atoms with Gasteiger partial charge in [0.15, 0.2) is 0 Å². The second kappa shape index (κ2) is 5.27. The number of hydrogen-bond donors (Lipinski definition) is 2. The molecule has 2 rings (SSSR count). The lowest BCUT2D eigenvalue weighted by Gasteiger charge is -2.14. The highest BCUT2D eigenvalue weighted by Crippen LogP contribution is 2.30. The first kappa shape index (κ1) is 12.0. The first-order chi connectivity index (χ1) is 8.24. The van der Waals surface area contributed by atoms with E-state index in [2.05, 4.69) is 5.43 Å². The number of hydrogen-bond acceptors (Lipinski definition) is 4. The van der Waals surface area contributed by atoms with E-state index in [4.69, 9.17) is 10.6 Å². The van der Waals surface area contributed by atoms with E-state index >= 15 is 0 Å². The van der Waals surface area contributed by atoms with Crippen molar-refractivity contribution in [3.63, 3.8) is 0 Å². The Balaban J connectivity index is 2.29. The van der Waals surface area contributed by atoms with Crippen LogP contribution in [0.2, 0.25) is 0 Å². The molecule has 0 amide bonds. The summed E-state index contributed by atoms with van der Waals surface area (Å²) in [4.78, 5) is 1.02. The van der Waals surface area contributed by atoms with Gasteiger partial charge in [-0.25, -0.2) is 9.82 Å². The van der Waals surface area contributed by atoms with Crippen LogP contribution in [0.15, 0.2) is 35.7 Å². The number of thiophene rings is 1. The molecule has 0 fully saturated rings. The van der Waals surface area contributed by atoms with Crippen molar-refractivity contribution in [3.05, 3.63) is 52.0 Å². The van der Waals surface area contributed by atoms with Gasteiger partial charge in [-0.15, -0.1) is 11.3 Å². The van der Waals surface area contributed by atoms with Crippen molar-refractivity contribution in [2.45, 2.75) is 6.04 Å². The van der Waals surface area contributed by atoms with Crippen molar-refractivity contribution >= 4 is 11.3 Å². The van der Waals surface area contributed by atoms with Gasteiger partial charge in [-0.05, 0) is 23.8 Å². The molecule has 1 atom stereocenters. The predicted octanol–water partition coefficient (Wildman–Crippen LogP) is 2.45. The number of benzene rings is 1. The van der Waals surface area contributed by atoms with Gasteiger partial charge in [0.05, 0.1) is 13.2 Å². The third-order valence-corrected chi connectivity index (χ3v) is 3.46. The molecule has 5 heteroatoms. The number of nitrogens with one attached hydrogen (secondary N) is 1. The first-order valence-corrected chi connectivity index (χ1v) is 5.96.